The van der Waals surface area contributed by atoms with Gasteiger partial charge in [-0.2, -0.15) is 5.26 Å². The fourth-order valence-electron chi connectivity index (χ4n) is 3.93. The van der Waals surface area contributed by atoms with Gasteiger partial charge in [-0.25, -0.2) is 0 Å². The van der Waals surface area contributed by atoms with Crippen LogP contribution in [0.5, 0.6) is 0 Å². The number of nitriles is 1. The topological polar surface area (TPSA) is 78.6 Å². The summed E-state index contributed by atoms with van der Waals surface area (Å²) in [4.78, 5) is 30.1. The molecule has 1 aromatic carbocycles. The Labute approximate surface area is 206 Å². The number of aromatic nitrogens is 1. The van der Waals surface area contributed by atoms with E-state index in [-0.39, 0.29) is 23.6 Å². The third-order valence-electron chi connectivity index (χ3n) is 5.71. The Kier molecular flexibility index (Phi) is 6.91. The van der Waals surface area contributed by atoms with E-state index in [2.05, 4.69) is 4.90 Å². The van der Waals surface area contributed by atoms with Crippen molar-refractivity contribution in [2.24, 2.45) is 7.05 Å². The van der Waals surface area contributed by atoms with Crippen LogP contribution in [0.15, 0.2) is 34.0 Å². The Morgan fingerprint density at radius 2 is 1.97 bits per heavy atom. The normalized spacial score (nSPS) is 17.7. The van der Waals surface area contributed by atoms with Crippen molar-refractivity contribution in [2.45, 2.75) is 13.5 Å². The number of ether oxygens (including phenoxy) is 1. The molecule has 170 valence electrons. The van der Waals surface area contributed by atoms with Crippen molar-refractivity contribution in [1.29, 1.82) is 5.26 Å². The van der Waals surface area contributed by atoms with Crippen LogP contribution in [0.25, 0.3) is 6.08 Å². The van der Waals surface area contributed by atoms with Gasteiger partial charge in [-0.3, -0.25) is 19.1 Å². The van der Waals surface area contributed by atoms with Gasteiger partial charge in [0.25, 0.3) is 11.5 Å². The van der Waals surface area contributed by atoms with E-state index >= 15 is 0 Å². The Morgan fingerprint density at radius 1 is 1.27 bits per heavy atom. The molecule has 4 rings (SSSR count). The SMILES string of the molecule is Cc1c(/C=C2/SC(=S)N(Cc3ccccc3Cl)C2=O)c(N2CCOCC2)n(C)c(=O)c1C#N. The number of hydrogen-bond acceptors (Lipinski definition) is 7. The summed E-state index contributed by atoms with van der Waals surface area (Å²) in [6, 6.07) is 9.35. The Balaban J connectivity index is 1.78. The number of benzene rings is 1. The van der Waals surface area contributed by atoms with Gasteiger partial charge < -0.3 is 9.64 Å². The second kappa shape index (κ2) is 9.69. The third kappa shape index (κ3) is 4.44. The number of anilines is 1. The third-order valence-corrected chi connectivity index (χ3v) is 7.46. The van der Waals surface area contributed by atoms with Gasteiger partial charge in [0.2, 0.25) is 0 Å². The lowest BCUT2D eigenvalue weighted by Gasteiger charge is -2.32. The average molecular weight is 501 g/mol. The molecule has 3 heterocycles. The molecule has 7 nitrogen and oxygen atoms in total. The summed E-state index contributed by atoms with van der Waals surface area (Å²) < 4.78 is 7.37. The molecule has 0 unspecified atom stereocenters. The van der Waals surface area contributed by atoms with Crippen LogP contribution in [0, 0.1) is 18.3 Å². The largest absolute Gasteiger partial charge is 0.378 e. The number of amides is 1. The van der Waals surface area contributed by atoms with E-state index in [1.54, 1.807) is 26.1 Å². The minimum Gasteiger partial charge on any atom is -0.378 e. The van der Waals surface area contributed by atoms with Gasteiger partial charge in [0.15, 0.2) is 0 Å². The molecular formula is C23H21ClN4O3S2. The summed E-state index contributed by atoms with van der Waals surface area (Å²) in [6.07, 6.45) is 1.74. The Morgan fingerprint density at radius 3 is 2.64 bits per heavy atom. The lowest BCUT2D eigenvalue weighted by Crippen LogP contribution is -2.40. The van der Waals surface area contributed by atoms with Crippen LogP contribution < -0.4 is 10.5 Å². The van der Waals surface area contributed by atoms with Crippen molar-refractivity contribution in [3.05, 3.63) is 66.8 Å². The second-order valence-corrected chi connectivity index (χ2v) is 9.75. The molecule has 2 fully saturated rings. The van der Waals surface area contributed by atoms with E-state index in [4.69, 9.17) is 28.6 Å². The van der Waals surface area contributed by atoms with Gasteiger partial charge in [-0.1, -0.05) is 53.8 Å². The first-order valence-corrected chi connectivity index (χ1v) is 11.9. The van der Waals surface area contributed by atoms with Crippen LogP contribution in [0.4, 0.5) is 5.82 Å². The zero-order valence-corrected chi connectivity index (χ0v) is 20.5. The number of pyridine rings is 1. The Bertz CT molecular complexity index is 1280. The smallest absolute Gasteiger partial charge is 0.270 e. The lowest BCUT2D eigenvalue weighted by molar-refractivity contribution is -0.122. The number of rotatable bonds is 4. The average Bonchev–Trinajstić information content (AvgIpc) is 3.07. The van der Waals surface area contributed by atoms with Crippen LogP contribution in [-0.4, -0.2) is 46.0 Å². The first-order chi connectivity index (χ1) is 15.8. The van der Waals surface area contributed by atoms with Crippen molar-refractivity contribution < 1.29 is 9.53 Å². The van der Waals surface area contributed by atoms with Crippen molar-refractivity contribution in [3.63, 3.8) is 0 Å². The number of nitrogens with zero attached hydrogens (tertiary/aromatic N) is 4. The number of thioether (sulfide) groups is 1. The van der Waals surface area contributed by atoms with E-state index in [1.165, 1.54) is 21.2 Å². The summed E-state index contributed by atoms with van der Waals surface area (Å²) in [5, 5.41) is 10.2. The monoisotopic (exact) mass is 500 g/mol. The maximum atomic E-state index is 13.3. The van der Waals surface area contributed by atoms with E-state index in [0.717, 1.165) is 5.56 Å². The van der Waals surface area contributed by atoms with Gasteiger partial charge in [0, 0.05) is 30.7 Å². The molecule has 0 spiro atoms. The first-order valence-electron chi connectivity index (χ1n) is 10.3. The molecule has 0 atom stereocenters. The fraction of sp³-hybridized carbons (Fsp3) is 0.304. The van der Waals surface area contributed by atoms with Gasteiger partial charge in [0.05, 0.1) is 24.7 Å². The van der Waals surface area contributed by atoms with Gasteiger partial charge >= 0.3 is 0 Å². The molecule has 1 amide bonds. The predicted molar refractivity (Wildman–Crippen MR) is 134 cm³/mol. The Hall–Kier alpha value is -2.64. The number of thiocarbonyl (C=S) groups is 1. The maximum absolute atomic E-state index is 13.3. The van der Waals surface area contributed by atoms with Crippen LogP contribution in [0.3, 0.4) is 0 Å². The molecule has 0 bridgehead atoms. The van der Waals surface area contributed by atoms with Crippen molar-refractivity contribution >= 4 is 57.7 Å². The summed E-state index contributed by atoms with van der Waals surface area (Å²) in [7, 11) is 1.65. The van der Waals surface area contributed by atoms with E-state index in [9.17, 15) is 14.9 Å². The summed E-state index contributed by atoms with van der Waals surface area (Å²) in [5.74, 6) is 0.431. The van der Waals surface area contributed by atoms with Crippen LogP contribution in [0.1, 0.15) is 22.3 Å². The maximum Gasteiger partial charge on any atom is 0.270 e. The summed E-state index contributed by atoms with van der Waals surface area (Å²) in [5.41, 5.74) is 1.70. The molecule has 2 aliphatic rings. The predicted octanol–water partition coefficient (Wildman–Crippen LogP) is 3.46. The quantitative estimate of drug-likeness (QED) is 0.470. The number of carbonyl (C=O) groups is 1. The van der Waals surface area contributed by atoms with Crippen molar-refractivity contribution in [1.82, 2.24) is 9.47 Å². The highest BCUT2D eigenvalue weighted by atomic mass is 35.5. The zero-order chi connectivity index (χ0) is 23.7. The van der Waals surface area contributed by atoms with Crippen molar-refractivity contribution in [2.75, 3.05) is 31.2 Å². The molecule has 0 aliphatic carbocycles. The zero-order valence-electron chi connectivity index (χ0n) is 18.1. The highest BCUT2D eigenvalue weighted by molar-refractivity contribution is 8.26. The van der Waals surface area contributed by atoms with Gasteiger partial charge in [-0.15, -0.1) is 0 Å². The molecule has 2 aromatic rings. The summed E-state index contributed by atoms with van der Waals surface area (Å²) >= 11 is 13.0. The molecule has 33 heavy (non-hydrogen) atoms. The molecule has 0 N–H and O–H groups in total. The molecule has 2 aliphatic heterocycles. The van der Waals surface area contributed by atoms with Crippen LogP contribution in [-0.2, 0) is 23.1 Å². The van der Waals surface area contributed by atoms with E-state index < -0.39 is 0 Å². The minimum absolute atomic E-state index is 0.0623. The molecule has 2 saturated heterocycles. The minimum atomic E-state index is -0.361. The number of halogens is 1. The van der Waals surface area contributed by atoms with Gasteiger partial charge in [0.1, 0.15) is 21.8 Å². The highest BCUT2D eigenvalue weighted by Gasteiger charge is 2.33. The lowest BCUT2D eigenvalue weighted by atomic mass is 10.0. The van der Waals surface area contributed by atoms with Gasteiger partial charge in [-0.05, 0) is 30.2 Å². The van der Waals surface area contributed by atoms with E-state index in [1.807, 2.05) is 24.3 Å². The summed E-state index contributed by atoms with van der Waals surface area (Å²) in [6.45, 7) is 4.28. The molecular weight excluding hydrogens is 480 g/mol. The standard InChI is InChI=1S/C23H21ClN4O3S2/c1-14-16(20(27-7-9-31-10-8-27)26(2)21(29)17(14)12-25)11-19-22(30)28(23(32)33-19)13-15-5-3-4-6-18(15)24/h3-6,11H,7-10,13H2,1-2H3/b19-11+. The molecule has 0 radical (unpaired) electrons. The highest BCUT2D eigenvalue weighted by Crippen LogP contribution is 2.37. The van der Waals surface area contributed by atoms with Crippen LogP contribution >= 0.6 is 35.6 Å². The van der Waals surface area contributed by atoms with Crippen molar-refractivity contribution in [3.8, 4) is 6.07 Å². The number of morpholine rings is 1. The fourth-order valence-corrected chi connectivity index (χ4v) is 5.37. The van der Waals surface area contributed by atoms with E-state index in [0.29, 0.717) is 57.5 Å². The molecule has 1 aromatic heterocycles. The molecule has 0 saturated carbocycles. The second-order valence-electron chi connectivity index (χ2n) is 7.67. The molecule has 10 heteroatoms. The first kappa shape index (κ1) is 23.5. The number of carbonyl (C=O) groups excluding carboxylic acids is 1. The number of hydrogen-bond donors (Lipinski definition) is 0. The van der Waals surface area contributed by atoms with Crippen LogP contribution in [0.2, 0.25) is 5.02 Å².